The van der Waals surface area contributed by atoms with Gasteiger partial charge in [0.25, 0.3) is 0 Å². The highest BCUT2D eigenvalue weighted by atomic mass is 35.5. The second-order valence-corrected chi connectivity index (χ2v) is 17.3. The van der Waals surface area contributed by atoms with Gasteiger partial charge in [-0.2, -0.15) is 11.8 Å². The van der Waals surface area contributed by atoms with E-state index in [1.165, 1.54) is 0 Å². The summed E-state index contributed by atoms with van der Waals surface area (Å²) in [6, 6.07) is 12.5. The number of unbranched alkanes of at least 4 members (excludes halogenated alkanes) is 5. The van der Waals surface area contributed by atoms with Gasteiger partial charge in [-0.3, -0.25) is 19.2 Å². The van der Waals surface area contributed by atoms with Crippen molar-refractivity contribution in [1.82, 2.24) is 30.9 Å². The van der Waals surface area contributed by atoms with Crippen LogP contribution in [-0.4, -0.2) is 87.5 Å². The Morgan fingerprint density at radius 1 is 0.982 bits per heavy atom. The first kappa shape index (κ1) is 40.8. The van der Waals surface area contributed by atoms with E-state index < -0.39 is 5.41 Å². The number of carbonyl (C=O) groups is 5. The summed E-state index contributed by atoms with van der Waals surface area (Å²) in [5.74, 6) is 0.306. The molecule has 4 aliphatic heterocycles. The first-order valence-electron chi connectivity index (χ1n) is 19.8. The lowest BCUT2D eigenvalue weighted by Crippen LogP contribution is -2.47. The summed E-state index contributed by atoms with van der Waals surface area (Å²) >= 11 is 14.5. The number of hydrogen-bond acceptors (Lipinski definition) is 9. The molecule has 5 amide bonds. The fraction of sp³-hybridized carbons (Fsp3) is 0.525. The molecule has 0 bridgehead atoms. The maximum Gasteiger partial charge on any atom is 0.315 e. The molecule has 3 aromatic rings. The van der Waals surface area contributed by atoms with Crippen LogP contribution in [0.15, 0.2) is 42.5 Å². The SMILES string of the molecule is CC(c1ccc(Cl)cc1)n1nnc2c1NC(=O)C[C@]21C(=O)N(CCOC(=O)CCCCCCCNC(=O)CCCC[C@@H]2SC[C@@H]3NC(=O)N[C@@H]32)c2ccc(Cl)cc21. The molecule has 14 nitrogen and oxygen atoms in total. The molecule has 1 unspecified atom stereocenters. The number of aromatic nitrogens is 3. The maximum atomic E-state index is 14.5. The Morgan fingerprint density at radius 2 is 1.74 bits per heavy atom. The summed E-state index contributed by atoms with van der Waals surface area (Å²) in [6.45, 7) is 2.64. The molecular formula is C40H48Cl2N8O6S. The summed E-state index contributed by atoms with van der Waals surface area (Å²) in [7, 11) is 0. The predicted molar refractivity (Wildman–Crippen MR) is 219 cm³/mol. The fourth-order valence-corrected chi connectivity index (χ4v) is 10.2. The Kier molecular flexibility index (Phi) is 12.9. The van der Waals surface area contributed by atoms with Gasteiger partial charge >= 0.3 is 12.0 Å². The van der Waals surface area contributed by atoms with Crippen molar-refractivity contribution in [2.45, 2.75) is 106 Å². The summed E-state index contributed by atoms with van der Waals surface area (Å²) in [5.41, 5.74) is 0.911. The van der Waals surface area contributed by atoms with Crippen LogP contribution in [0.1, 0.15) is 100 Å². The standard InChI is InChI=1S/C40H48Cl2N8O6S/c1-24(25-12-14-26(41)15-13-25)50-37-36(47-48-50)40(22-33(52)45-37)28-21-27(42)16-17-30(28)49(38(40)54)19-20-56-34(53)11-5-3-2-4-8-18-43-32(51)10-7-6-9-31-35-29(23-57-31)44-39(55)46-35/h12-17,21,24,29,31,35H,2-11,18-20,22-23H2,1H3,(H,43,51)(H,45,52)(H2,44,46,55)/t24?,29-,31-,35-,40+/m0/s1. The number of anilines is 2. The quantitative estimate of drug-likeness (QED) is 0.0691. The van der Waals surface area contributed by atoms with E-state index in [0.29, 0.717) is 57.4 Å². The van der Waals surface area contributed by atoms with Gasteiger partial charge in [-0.1, -0.05) is 66.2 Å². The molecule has 0 saturated carbocycles. The van der Waals surface area contributed by atoms with Gasteiger partial charge in [0, 0.05) is 46.1 Å². The normalized spacial score (nSPS) is 22.4. The van der Waals surface area contributed by atoms with Crippen molar-refractivity contribution in [3.8, 4) is 0 Å². The van der Waals surface area contributed by atoms with E-state index in [0.717, 1.165) is 56.3 Å². The van der Waals surface area contributed by atoms with Crippen LogP contribution < -0.4 is 26.2 Å². The number of halogens is 2. The number of nitrogens with one attached hydrogen (secondary N) is 4. The Labute approximate surface area is 345 Å². The first-order valence-corrected chi connectivity index (χ1v) is 21.6. The van der Waals surface area contributed by atoms with E-state index >= 15 is 0 Å². The van der Waals surface area contributed by atoms with Crippen LogP contribution in [0.2, 0.25) is 10.0 Å². The number of benzene rings is 2. The summed E-state index contributed by atoms with van der Waals surface area (Å²) in [4.78, 5) is 65.8. The zero-order valence-corrected chi connectivity index (χ0v) is 34.2. The molecule has 5 atom stereocenters. The highest BCUT2D eigenvalue weighted by molar-refractivity contribution is 8.00. The van der Waals surface area contributed by atoms with Gasteiger partial charge in [0.1, 0.15) is 17.7 Å². The number of thioether (sulfide) groups is 1. The van der Waals surface area contributed by atoms with Crippen molar-refractivity contribution in [2.24, 2.45) is 0 Å². The monoisotopic (exact) mass is 838 g/mol. The van der Waals surface area contributed by atoms with Crippen LogP contribution in [0.4, 0.5) is 16.3 Å². The van der Waals surface area contributed by atoms with Crippen LogP contribution in [0, 0.1) is 0 Å². The minimum absolute atomic E-state index is 0.0159. The molecule has 2 aromatic carbocycles. The summed E-state index contributed by atoms with van der Waals surface area (Å²) < 4.78 is 7.17. The third-order valence-corrected chi connectivity index (χ3v) is 13.4. The van der Waals surface area contributed by atoms with E-state index in [4.69, 9.17) is 27.9 Å². The minimum atomic E-state index is -1.45. The molecule has 0 radical (unpaired) electrons. The number of esters is 1. The van der Waals surface area contributed by atoms with Gasteiger partial charge in [0.15, 0.2) is 5.82 Å². The van der Waals surface area contributed by atoms with Crippen molar-refractivity contribution in [1.29, 1.82) is 0 Å². The summed E-state index contributed by atoms with van der Waals surface area (Å²) in [5, 5.41) is 22.2. The third kappa shape index (κ3) is 8.90. The zero-order chi connectivity index (χ0) is 40.1. The molecule has 1 aromatic heterocycles. The molecular weight excluding hydrogens is 791 g/mol. The lowest BCUT2D eigenvalue weighted by atomic mass is 9.73. The van der Waals surface area contributed by atoms with Crippen molar-refractivity contribution in [2.75, 3.05) is 35.7 Å². The van der Waals surface area contributed by atoms with Crippen molar-refractivity contribution >= 4 is 76.2 Å². The van der Waals surface area contributed by atoms with E-state index in [-0.39, 0.29) is 73.8 Å². The maximum absolute atomic E-state index is 14.5. The lowest BCUT2D eigenvalue weighted by Gasteiger charge is -2.31. The number of amides is 5. The second kappa shape index (κ2) is 18.1. The molecule has 4 N–H and O–H groups in total. The number of rotatable bonds is 18. The molecule has 1 spiro atoms. The molecule has 304 valence electrons. The topological polar surface area (TPSA) is 177 Å². The molecule has 7 rings (SSSR count). The van der Waals surface area contributed by atoms with Crippen LogP contribution in [0.5, 0.6) is 0 Å². The number of fused-ring (bicyclic) bond motifs is 5. The molecule has 0 aliphatic carbocycles. The second-order valence-electron chi connectivity index (χ2n) is 15.2. The minimum Gasteiger partial charge on any atom is -0.464 e. The molecule has 2 fully saturated rings. The largest absolute Gasteiger partial charge is 0.464 e. The third-order valence-electron chi connectivity index (χ3n) is 11.4. The van der Waals surface area contributed by atoms with Gasteiger partial charge in [-0.15, -0.1) is 5.10 Å². The van der Waals surface area contributed by atoms with Crippen LogP contribution in [0.25, 0.3) is 0 Å². The smallest absolute Gasteiger partial charge is 0.315 e. The van der Waals surface area contributed by atoms with Gasteiger partial charge in [-0.05, 0) is 74.1 Å². The Bertz CT molecular complexity index is 2000. The number of ether oxygens (including phenoxy) is 1. The van der Waals surface area contributed by atoms with Crippen molar-refractivity contribution in [3.63, 3.8) is 0 Å². The predicted octanol–water partition coefficient (Wildman–Crippen LogP) is 5.89. The number of nitrogens with zero attached hydrogens (tertiary/aromatic N) is 4. The van der Waals surface area contributed by atoms with E-state index in [1.807, 2.05) is 30.8 Å². The average Bonchev–Trinajstić information content (AvgIpc) is 3.94. The number of urea groups is 1. The van der Waals surface area contributed by atoms with Crippen molar-refractivity contribution in [3.05, 3.63) is 69.3 Å². The lowest BCUT2D eigenvalue weighted by molar-refractivity contribution is -0.143. The highest BCUT2D eigenvalue weighted by Crippen LogP contribution is 2.52. The first-order chi connectivity index (χ1) is 27.5. The van der Waals surface area contributed by atoms with Crippen LogP contribution >= 0.6 is 35.0 Å². The van der Waals surface area contributed by atoms with Gasteiger partial charge in [-0.25, -0.2) is 9.48 Å². The van der Waals surface area contributed by atoms with E-state index in [1.54, 1.807) is 39.9 Å². The fourth-order valence-electron chi connectivity index (χ4n) is 8.35. The zero-order valence-electron chi connectivity index (χ0n) is 31.9. The van der Waals surface area contributed by atoms with Gasteiger partial charge < -0.3 is 30.9 Å². The molecule has 2 saturated heterocycles. The van der Waals surface area contributed by atoms with Crippen LogP contribution in [0.3, 0.4) is 0 Å². The Balaban J connectivity index is 0.822. The van der Waals surface area contributed by atoms with Gasteiger partial charge in [0.05, 0.1) is 31.1 Å². The van der Waals surface area contributed by atoms with E-state index in [2.05, 4.69) is 31.6 Å². The number of hydrogen-bond donors (Lipinski definition) is 4. The Hall–Kier alpha value is -4.34. The molecule has 4 aliphatic rings. The summed E-state index contributed by atoms with van der Waals surface area (Å²) in [6.07, 6.45) is 7.72. The highest BCUT2D eigenvalue weighted by Gasteiger charge is 2.58. The van der Waals surface area contributed by atoms with E-state index in [9.17, 15) is 24.0 Å². The molecule has 5 heterocycles. The van der Waals surface area contributed by atoms with Crippen LogP contribution in [-0.2, 0) is 29.3 Å². The number of carbonyl (C=O) groups excluding carboxylic acids is 5. The van der Waals surface area contributed by atoms with Crippen molar-refractivity contribution < 1.29 is 28.7 Å². The van der Waals surface area contributed by atoms with Gasteiger partial charge in [0.2, 0.25) is 17.7 Å². The molecule has 57 heavy (non-hydrogen) atoms. The Morgan fingerprint density at radius 3 is 2.56 bits per heavy atom. The molecule has 17 heteroatoms. The average molecular weight is 840 g/mol.